The number of thiazole rings is 1. The molecule has 50 valence electrons. The minimum atomic E-state index is 1.12. The van der Waals surface area contributed by atoms with E-state index in [0.717, 1.165) is 6.42 Å². The van der Waals surface area contributed by atoms with E-state index < -0.39 is 0 Å². The molecule has 1 rings (SSSR count). The monoisotopic (exact) mass is 141 g/mol. The van der Waals surface area contributed by atoms with Crippen molar-refractivity contribution in [1.82, 2.24) is 4.98 Å². The molecule has 0 fully saturated rings. The van der Waals surface area contributed by atoms with Gasteiger partial charge in [-0.05, 0) is 20.3 Å². The summed E-state index contributed by atoms with van der Waals surface area (Å²) in [6.45, 7) is 6.29. The summed E-state index contributed by atoms with van der Waals surface area (Å²) < 4.78 is 0. The Hall–Kier alpha value is -0.370. The summed E-state index contributed by atoms with van der Waals surface area (Å²) in [4.78, 5) is 5.72. The van der Waals surface area contributed by atoms with Gasteiger partial charge in [-0.3, -0.25) is 0 Å². The van der Waals surface area contributed by atoms with Crippen molar-refractivity contribution in [1.29, 1.82) is 0 Å². The van der Waals surface area contributed by atoms with Gasteiger partial charge in [0.15, 0.2) is 0 Å². The first kappa shape index (κ1) is 6.75. The minimum Gasteiger partial charge on any atom is -0.247 e. The Morgan fingerprint density at radius 2 is 2.11 bits per heavy atom. The predicted octanol–water partition coefficient (Wildman–Crippen LogP) is 2.32. The molecule has 0 radical (unpaired) electrons. The summed E-state index contributed by atoms with van der Waals surface area (Å²) >= 11 is 1.80. The van der Waals surface area contributed by atoms with E-state index in [0.29, 0.717) is 0 Å². The molecule has 0 aliphatic rings. The first-order valence-electron chi connectivity index (χ1n) is 3.17. The maximum absolute atomic E-state index is 4.30. The molecular weight excluding hydrogens is 130 g/mol. The molecule has 2 heteroatoms. The molecule has 0 aromatic carbocycles. The van der Waals surface area contributed by atoms with Crippen LogP contribution >= 0.6 is 11.3 Å². The SMILES string of the molecule is CCc1sc(C)nc1C. The molecule has 1 heterocycles. The van der Waals surface area contributed by atoms with Gasteiger partial charge in [-0.1, -0.05) is 6.92 Å². The van der Waals surface area contributed by atoms with Crippen LogP contribution in [0.5, 0.6) is 0 Å². The van der Waals surface area contributed by atoms with Gasteiger partial charge in [0.25, 0.3) is 0 Å². The van der Waals surface area contributed by atoms with Gasteiger partial charge >= 0.3 is 0 Å². The number of aromatic nitrogens is 1. The van der Waals surface area contributed by atoms with Crippen LogP contribution in [-0.2, 0) is 6.42 Å². The molecule has 1 nitrogen and oxygen atoms in total. The molecule has 0 aliphatic carbocycles. The van der Waals surface area contributed by atoms with Crippen molar-refractivity contribution in [2.24, 2.45) is 0 Å². The largest absolute Gasteiger partial charge is 0.247 e. The molecule has 0 N–H and O–H groups in total. The highest BCUT2D eigenvalue weighted by Gasteiger charge is 1.99. The molecule has 0 amide bonds. The maximum atomic E-state index is 4.30. The standard InChI is InChI=1S/C7H11NS/c1-4-7-5(2)8-6(3)9-7/h4H2,1-3H3. The highest BCUT2D eigenvalue weighted by atomic mass is 32.1. The molecule has 0 spiro atoms. The summed E-state index contributed by atoms with van der Waals surface area (Å²) in [6, 6.07) is 0. The van der Waals surface area contributed by atoms with Crippen LogP contribution in [0.4, 0.5) is 0 Å². The van der Waals surface area contributed by atoms with Crippen LogP contribution in [-0.4, -0.2) is 4.98 Å². The van der Waals surface area contributed by atoms with Gasteiger partial charge < -0.3 is 0 Å². The number of rotatable bonds is 1. The molecule has 9 heavy (non-hydrogen) atoms. The van der Waals surface area contributed by atoms with Crippen LogP contribution in [0.25, 0.3) is 0 Å². The Bertz CT molecular complexity index is 203. The van der Waals surface area contributed by atoms with Gasteiger partial charge in [-0.15, -0.1) is 11.3 Å². The van der Waals surface area contributed by atoms with E-state index in [1.165, 1.54) is 15.6 Å². The second kappa shape index (κ2) is 2.48. The fraction of sp³-hybridized carbons (Fsp3) is 0.571. The third-order valence-corrected chi connectivity index (χ3v) is 2.54. The summed E-state index contributed by atoms with van der Waals surface area (Å²) in [6.07, 6.45) is 1.12. The zero-order valence-electron chi connectivity index (χ0n) is 6.06. The van der Waals surface area contributed by atoms with Crippen molar-refractivity contribution in [3.05, 3.63) is 15.6 Å². The summed E-state index contributed by atoms with van der Waals surface area (Å²) in [5.41, 5.74) is 1.21. The summed E-state index contributed by atoms with van der Waals surface area (Å²) in [5, 5.41) is 1.18. The van der Waals surface area contributed by atoms with E-state index in [1.807, 2.05) is 0 Å². The van der Waals surface area contributed by atoms with E-state index in [1.54, 1.807) is 11.3 Å². The first-order chi connectivity index (χ1) is 4.24. The van der Waals surface area contributed by atoms with Gasteiger partial charge in [0.2, 0.25) is 0 Å². The molecule has 0 saturated heterocycles. The van der Waals surface area contributed by atoms with Crippen LogP contribution in [0.2, 0.25) is 0 Å². The lowest BCUT2D eigenvalue weighted by molar-refractivity contribution is 1.10. The minimum absolute atomic E-state index is 1.12. The van der Waals surface area contributed by atoms with Crippen LogP contribution in [0.15, 0.2) is 0 Å². The topological polar surface area (TPSA) is 12.9 Å². The first-order valence-corrected chi connectivity index (χ1v) is 3.98. The van der Waals surface area contributed by atoms with Gasteiger partial charge in [-0.25, -0.2) is 4.98 Å². The smallest absolute Gasteiger partial charge is 0.0900 e. The van der Waals surface area contributed by atoms with E-state index in [9.17, 15) is 0 Å². The second-order valence-corrected chi connectivity index (χ2v) is 3.38. The molecule has 0 atom stereocenters. The zero-order valence-corrected chi connectivity index (χ0v) is 6.88. The quantitative estimate of drug-likeness (QED) is 0.585. The highest BCUT2D eigenvalue weighted by molar-refractivity contribution is 7.11. The molecule has 0 bridgehead atoms. The van der Waals surface area contributed by atoms with Crippen LogP contribution in [0, 0.1) is 13.8 Å². The summed E-state index contributed by atoms with van der Waals surface area (Å²) in [5.74, 6) is 0. The molecule has 0 aliphatic heterocycles. The van der Waals surface area contributed by atoms with Gasteiger partial charge in [0.05, 0.1) is 10.7 Å². The maximum Gasteiger partial charge on any atom is 0.0900 e. The van der Waals surface area contributed by atoms with Crippen LogP contribution in [0.3, 0.4) is 0 Å². The normalized spacial score (nSPS) is 10.1. The lowest BCUT2D eigenvalue weighted by atomic mass is 10.3. The second-order valence-electron chi connectivity index (χ2n) is 2.10. The Morgan fingerprint density at radius 1 is 1.44 bits per heavy atom. The lowest BCUT2D eigenvalue weighted by Crippen LogP contribution is -1.77. The zero-order chi connectivity index (χ0) is 6.85. The third kappa shape index (κ3) is 1.30. The van der Waals surface area contributed by atoms with E-state index in [-0.39, 0.29) is 0 Å². The average molecular weight is 141 g/mol. The number of aryl methyl sites for hydroxylation is 3. The Kier molecular flexibility index (Phi) is 1.86. The van der Waals surface area contributed by atoms with Crippen molar-refractivity contribution < 1.29 is 0 Å². The number of hydrogen-bond acceptors (Lipinski definition) is 2. The van der Waals surface area contributed by atoms with Crippen molar-refractivity contribution in [3.8, 4) is 0 Å². The Labute approximate surface area is 59.8 Å². The number of hydrogen-bond donors (Lipinski definition) is 0. The fourth-order valence-corrected chi connectivity index (χ4v) is 1.78. The van der Waals surface area contributed by atoms with Gasteiger partial charge in [0.1, 0.15) is 0 Å². The van der Waals surface area contributed by atoms with Crippen molar-refractivity contribution in [2.75, 3.05) is 0 Å². The molecular formula is C7H11NS. The van der Waals surface area contributed by atoms with E-state index in [4.69, 9.17) is 0 Å². The Balaban J connectivity index is 3.01. The van der Waals surface area contributed by atoms with Crippen molar-refractivity contribution >= 4 is 11.3 Å². The lowest BCUT2D eigenvalue weighted by Gasteiger charge is -1.85. The predicted molar refractivity (Wildman–Crippen MR) is 41.0 cm³/mol. The average Bonchev–Trinajstić information content (AvgIpc) is 2.10. The van der Waals surface area contributed by atoms with Crippen LogP contribution < -0.4 is 0 Å². The summed E-state index contributed by atoms with van der Waals surface area (Å²) in [7, 11) is 0. The van der Waals surface area contributed by atoms with Crippen molar-refractivity contribution in [2.45, 2.75) is 27.2 Å². The Morgan fingerprint density at radius 3 is 2.33 bits per heavy atom. The van der Waals surface area contributed by atoms with Crippen molar-refractivity contribution in [3.63, 3.8) is 0 Å². The van der Waals surface area contributed by atoms with Gasteiger partial charge in [0, 0.05) is 4.88 Å². The third-order valence-electron chi connectivity index (χ3n) is 1.32. The molecule has 0 saturated carbocycles. The van der Waals surface area contributed by atoms with E-state index >= 15 is 0 Å². The molecule has 0 unspecified atom stereocenters. The van der Waals surface area contributed by atoms with Gasteiger partial charge in [-0.2, -0.15) is 0 Å². The highest BCUT2D eigenvalue weighted by Crippen LogP contribution is 2.16. The molecule has 1 aromatic rings. The number of nitrogens with zero attached hydrogens (tertiary/aromatic N) is 1. The van der Waals surface area contributed by atoms with E-state index in [2.05, 4.69) is 25.8 Å². The fourth-order valence-electron chi connectivity index (χ4n) is 0.901. The van der Waals surface area contributed by atoms with Crippen LogP contribution in [0.1, 0.15) is 22.5 Å². The molecule has 1 aromatic heterocycles.